The summed E-state index contributed by atoms with van der Waals surface area (Å²) in [6.07, 6.45) is 3.14. The van der Waals surface area contributed by atoms with Gasteiger partial charge in [-0.05, 0) is 42.8 Å². The Labute approximate surface area is 173 Å². The molecule has 0 saturated carbocycles. The van der Waals surface area contributed by atoms with Crippen LogP contribution < -0.4 is 15.5 Å². The van der Waals surface area contributed by atoms with E-state index in [9.17, 15) is 9.59 Å². The molecule has 150 valence electrons. The smallest absolute Gasteiger partial charge is 0.327 e. The van der Waals surface area contributed by atoms with Crippen molar-refractivity contribution in [2.24, 2.45) is 0 Å². The van der Waals surface area contributed by atoms with E-state index in [1.165, 1.54) is 11.2 Å². The molecule has 0 saturated heterocycles. The van der Waals surface area contributed by atoms with E-state index in [0.717, 1.165) is 10.9 Å². The van der Waals surface area contributed by atoms with Gasteiger partial charge in [0.2, 0.25) is 0 Å². The van der Waals surface area contributed by atoms with Crippen molar-refractivity contribution >= 4 is 40.2 Å². The van der Waals surface area contributed by atoms with Gasteiger partial charge >= 0.3 is 6.03 Å². The molecule has 30 heavy (non-hydrogen) atoms. The molecule has 3 N–H and O–H groups in total. The number of nitrogens with one attached hydrogen (secondary N) is 3. The molecule has 0 radical (unpaired) electrons. The van der Waals surface area contributed by atoms with E-state index in [2.05, 4.69) is 25.6 Å². The Hall–Kier alpha value is -4.20. The van der Waals surface area contributed by atoms with E-state index < -0.39 is 0 Å². The number of H-pyrrole nitrogens is 1. The Morgan fingerprint density at radius 3 is 2.60 bits per heavy atom. The number of aryl methyl sites for hydroxylation is 1. The molecular weight excluding hydrogens is 380 g/mol. The third-order valence-corrected chi connectivity index (χ3v) is 4.73. The van der Waals surface area contributed by atoms with Crippen LogP contribution in [-0.4, -0.2) is 33.9 Å². The Morgan fingerprint density at radius 2 is 1.80 bits per heavy atom. The summed E-state index contributed by atoms with van der Waals surface area (Å²) in [7, 11) is 1.63. The van der Waals surface area contributed by atoms with Gasteiger partial charge < -0.3 is 15.6 Å². The van der Waals surface area contributed by atoms with Crippen molar-refractivity contribution in [3.8, 4) is 0 Å². The van der Waals surface area contributed by atoms with Crippen molar-refractivity contribution in [1.29, 1.82) is 0 Å². The number of fused-ring (bicyclic) bond motifs is 1. The number of hydrogen-bond acceptors (Lipinski definition) is 4. The Bertz CT molecular complexity index is 1220. The number of urea groups is 1. The number of carbonyl (C=O) groups excluding carboxylic acids is 2. The predicted molar refractivity (Wildman–Crippen MR) is 117 cm³/mol. The van der Waals surface area contributed by atoms with Gasteiger partial charge in [0.15, 0.2) is 0 Å². The summed E-state index contributed by atoms with van der Waals surface area (Å²) in [6, 6.07) is 15.8. The lowest BCUT2D eigenvalue weighted by molar-refractivity contribution is 0.102. The number of benzene rings is 2. The maximum absolute atomic E-state index is 12.8. The van der Waals surface area contributed by atoms with E-state index >= 15 is 0 Å². The van der Waals surface area contributed by atoms with E-state index in [1.807, 2.05) is 43.3 Å². The van der Waals surface area contributed by atoms with Crippen LogP contribution in [0.3, 0.4) is 0 Å². The van der Waals surface area contributed by atoms with Crippen LogP contribution in [0, 0.1) is 6.92 Å². The molecule has 3 amide bonds. The second kappa shape index (κ2) is 8.04. The molecule has 0 spiro atoms. The molecule has 2 aromatic carbocycles. The molecule has 4 aromatic rings. The van der Waals surface area contributed by atoms with Crippen LogP contribution in [0.5, 0.6) is 0 Å². The molecule has 2 aromatic heterocycles. The van der Waals surface area contributed by atoms with Crippen LogP contribution in [0.2, 0.25) is 0 Å². The Kier molecular flexibility index (Phi) is 5.13. The second-order valence-electron chi connectivity index (χ2n) is 6.78. The highest BCUT2D eigenvalue weighted by atomic mass is 16.2. The van der Waals surface area contributed by atoms with Gasteiger partial charge in [0.25, 0.3) is 5.91 Å². The number of anilines is 3. The molecule has 0 unspecified atom stereocenters. The maximum atomic E-state index is 12.8. The van der Waals surface area contributed by atoms with Crippen molar-refractivity contribution in [2.75, 3.05) is 22.6 Å². The molecule has 8 heteroatoms. The second-order valence-corrected chi connectivity index (χ2v) is 6.78. The van der Waals surface area contributed by atoms with Crippen molar-refractivity contribution in [1.82, 2.24) is 15.0 Å². The standard InChI is InChI=1S/C22H20N6O2/c1-14-8-9-15(21(29)26-16-6-4-3-5-7-16)12-18(14)27-22(30)28(2)20-17-10-11-23-19(17)24-13-25-20/h3-13H,1-2H3,(H,26,29)(H,27,30)(H,23,24,25). The molecule has 0 bridgehead atoms. The molecule has 4 rings (SSSR count). The van der Waals surface area contributed by atoms with Gasteiger partial charge in [-0.2, -0.15) is 0 Å². The summed E-state index contributed by atoms with van der Waals surface area (Å²) in [6.45, 7) is 1.86. The summed E-state index contributed by atoms with van der Waals surface area (Å²) in [5.41, 5.74) is 3.18. The quantitative estimate of drug-likeness (QED) is 0.478. The topological polar surface area (TPSA) is 103 Å². The minimum atomic E-state index is -0.375. The maximum Gasteiger partial charge on any atom is 0.327 e. The van der Waals surface area contributed by atoms with Gasteiger partial charge in [-0.25, -0.2) is 14.8 Å². The highest BCUT2D eigenvalue weighted by Gasteiger charge is 2.17. The van der Waals surface area contributed by atoms with Crippen LogP contribution in [0.1, 0.15) is 15.9 Å². The van der Waals surface area contributed by atoms with Crippen LogP contribution in [0.4, 0.5) is 22.0 Å². The van der Waals surface area contributed by atoms with Gasteiger partial charge in [-0.15, -0.1) is 0 Å². The molecule has 8 nitrogen and oxygen atoms in total. The monoisotopic (exact) mass is 400 g/mol. The van der Waals surface area contributed by atoms with E-state index in [-0.39, 0.29) is 11.9 Å². The zero-order chi connectivity index (χ0) is 21.1. The summed E-state index contributed by atoms with van der Waals surface area (Å²) >= 11 is 0. The Morgan fingerprint density at radius 1 is 1.00 bits per heavy atom. The van der Waals surface area contributed by atoms with Crippen molar-refractivity contribution in [2.45, 2.75) is 6.92 Å². The van der Waals surface area contributed by atoms with Crippen LogP contribution in [0.25, 0.3) is 11.0 Å². The zero-order valence-corrected chi connectivity index (χ0v) is 16.5. The van der Waals surface area contributed by atoms with Gasteiger partial charge in [0, 0.05) is 30.2 Å². The van der Waals surface area contributed by atoms with Gasteiger partial charge in [-0.1, -0.05) is 24.3 Å². The summed E-state index contributed by atoms with van der Waals surface area (Å²) in [5.74, 6) is 0.226. The minimum Gasteiger partial charge on any atom is -0.346 e. The van der Waals surface area contributed by atoms with E-state index in [1.54, 1.807) is 31.4 Å². The molecule has 0 atom stereocenters. The summed E-state index contributed by atoms with van der Waals surface area (Å²) in [5, 5.41) is 6.44. The zero-order valence-electron chi connectivity index (χ0n) is 16.5. The lowest BCUT2D eigenvalue weighted by atomic mass is 10.1. The summed E-state index contributed by atoms with van der Waals surface area (Å²) in [4.78, 5) is 38.2. The number of nitrogens with zero attached hydrogens (tertiary/aromatic N) is 3. The third kappa shape index (κ3) is 3.83. The molecular formula is C22H20N6O2. The first-order valence-corrected chi connectivity index (χ1v) is 9.33. The van der Waals surface area contributed by atoms with E-state index in [0.29, 0.717) is 28.4 Å². The molecule has 0 aliphatic carbocycles. The van der Waals surface area contributed by atoms with Crippen LogP contribution in [0.15, 0.2) is 67.1 Å². The van der Waals surface area contributed by atoms with Gasteiger partial charge in [-0.3, -0.25) is 9.69 Å². The molecule has 2 heterocycles. The van der Waals surface area contributed by atoms with Crippen LogP contribution in [-0.2, 0) is 0 Å². The number of aromatic nitrogens is 3. The van der Waals surface area contributed by atoms with Crippen molar-refractivity contribution < 1.29 is 9.59 Å². The fraction of sp³-hybridized carbons (Fsp3) is 0.0909. The first-order chi connectivity index (χ1) is 14.5. The SMILES string of the molecule is Cc1ccc(C(=O)Nc2ccccc2)cc1NC(=O)N(C)c1ncnc2[nH]ccc12. The molecule has 0 fully saturated rings. The average Bonchev–Trinajstić information content (AvgIpc) is 3.24. The number of rotatable bonds is 4. The predicted octanol–water partition coefficient (Wildman–Crippen LogP) is 4.19. The molecule has 0 aliphatic heterocycles. The lowest BCUT2D eigenvalue weighted by Gasteiger charge is -2.19. The first kappa shape index (κ1) is 19.1. The number of amides is 3. The largest absolute Gasteiger partial charge is 0.346 e. The lowest BCUT2D eigenvalue weighted by Crippen LogP contribution is -2.32. The van der Waals surface area contributed by atoms with Gasteiger partial charge in [0.1, 0.15) is 17.8 Å². The number of aromatic amines is 1. The first-order valence-electron chi connectivity index (χ1n) is 9.33. The average molecular weight is 400 g/mol. The highest BCUT2D eigenvalue weighted by Crippen LogP contribution is 2.23. The van der Waals surface area contributed by atoms with Crippen molar-refractivity contribution in [3.63, 3.8) is 0 Å². The van der Waals surface area contributed by atoms with Crippen molar-refractivity contribution in [3.05, 3.63) is 78.2 Å². The minimum absolute atomic E-state index is 0.255. The summed E-state index contributed by atoms with van der Waals surface area (Å²) < 4.78 is 0. The number of para-hydroxylation sites is 1. The highest BCUT2D eigenvalue weighted by molar-refractivity contribution is 6.08. The normalized spacial score (nSPS) is 10.6. The number of carbonyl (C=O) groups is 2. The number of hydrogen-bond donors (Lipinski definition) is 3. The third-order valence-electron chi connectivity index (χ3n) is 4.73. The van der Waals surface area contributed by atoms with E-state index in [4.69, 9.17) is 0 Å². The fourth-order valence-corrected chi connectivity index (χ4v) is 3.04. The van der Waals surface area contributed by atoms with Gasteiger partial charge in [0.05, 0.1) is 5.39 Å². The van der Waals surface area contributed by atoms with Crippen LogP contribution >= 0.6 is 0 Å². The molecule has 0 aliphatic rings. The Balaban J connectivity index is 1.54. The fourth-order valence-electron chi connectivity index (χ4n) is 3.04.